The maximum Gasteiger partial charge on any atom is 0.300 e. The summed E-state index contributed by atoms with van der Waals surface area (Å²) in [6, 6.07) is 23.5. The van der Waals surface area contributed by atoms with Gasteiger partial charge in [0.05, 0.1) is 11.6 Å². The standard InChI is InChI=1S/C26H23NO3/c1-3-18-12-14-20(15-13-18)24(28)22-23(19-9-5-4-6-10-19)27(26(30)25(22)29)21-11-7-8-17(2)16-21/h4-16,23,28H,3H2,1-2H3/b24-22+. The van der Waals surface area contributed by atoms with Gasteiger partial charge in [-0.05, 0) is 42.2 Å². The van der Waals surface area contributed by atoms with E-state index in [1.807, 2.05) is 73.7 Å². The molecule has 0 saturated carbocycles. The molecule has 0 radical (unpaired) electrons. The zero-order chi connectivity index (χ0) is 21.3. The van der Waals surface area contributed by atoms with Crippen LogP contribution < -0.4 is 4.90 Å². The maximum absolute atomic E-state index is 13.1. The highest BCUT2D eigenvalue weighted by atomic mass is 16.3. The van der Waals surface area contributed by atoms with Gasteiger partial charge in [0.15, 0.2) is 0 Å². The van der Waals surface area contributed by atoms with Crippen molar-refractivity contribution in [2.24, 2.45) is 0 Å². The minimum absolute atomic E-state index is 0.108. The topological polar surface area (TPSA) is 57.6 Å². The van der Waals surface area contributed by atoms with E-state index in [4.69, 9.17) is 0 Å². The Balaban J connectivity index is 1.92. The largest absolute Gasteiger partial charge is 0.507 e. The van der Waals surface area contributed by atoms with E-state index in [0.29, 0.717) is 11.3 Å². The molecule has 3 aromatic carbocycles. The number of nitrogens with zero attached hydrogens (tertiary/aromatic N) is 1. The highest BCUT2D eigenvalue weighted by molar-refractivity contribution is 6.51. The highest BCUT2D eigenvalue weighted by Crippen LogP contribution is 2.42. The van der Waals surface area contributed by atoms with Gasteiger partial charge in [0.1, 0.15) is 5.76 Å². The van der Waals surface area contributed by atoms with Crippen LogP contribution in [0.2, 0.25) is 0 Å². The number of hydrogen-bond donors (Lipinski definition) is 1. The number of carbonyl (C=O) groups excluding carboxylic acids is 2. The number of carbonyl (C=O) groups is 2. The maximum atomic E-state index is 13.1. The lowest BCUT2D eigenvalue weighted by molar-refractivity contribution is -0.132. The number of amides is 1. The van der Waals surface area contributed by atoms with Crippen molar-refractivity contribution in [2.75, 3.05) is 4.90 Å². The van der Waals surface area contributed by atoms with Crippen molar-refractivity contribution in [3.8, 4) is 0 Å². The van der Waals surface area contributed by atoms with Crippen LogP contribution in [0.25, 0.3) is 5.76 Å². The predicted molar refractivity (Wildman–Crippen MR) is 118 cm³/mol. The second-order valence-corrected chi connectivity index (χ2v) is 7.47. The summed E-state index contributed by atoms with van der Waals surface area (Å²) in [5.41, 5.74) is 4.14. The fraction of sp³-hybridized carbons (Fsp3) is 0.154. The molecule has 4 heteroatoms. The van der Waals surface area contributed by atoms with Gasteiger partial charge in [-0.3, -0.25) is 14.5 Å². The first-order valence-corrected chi connectivity index (χ1v) is 10.0. The normalized spacial score (nSPS) is 18.1. The molecule has 1 heterocycles. The molecular weight excluding hydrogens is 374 g/mol. The zero-order valence-corrected chi connectivity index (χ0v) is 17.0. The van der Waals surface area contributed by atoms with Gasteiger partial charge in [-0.15, -0.1) is 0 Å². The molecule has 0 aromatic heterocycles. The van der Waals surface area contributed by atoms with Crippen LogP contribution in [-0.4, -0.2) is 16.8 Å². The summed E-state index contributed by atoms with van der Waals surface area (Å²) in [7, 11) is 0. The van der Waals surface area contributed by atoms with Crippen molar-refractivity contribution in [3.05, 3.63) is 107 Å². The van der Waals surface area contributed by atoms with Crippen molar-refractivity contribution in [2.45, 2.75) is 26.3 Å². The van der Waals surface area contributed by atoms with Crippen molar-refractivity contribution < 1.29 is 14.7 Å². The van der Waals surface area contributed by atoms with Gasteiger partial charge in [0.2, 0.25) is 0 Å². The number of rotatable bonds is 4. The van der Waals surface area contributed by atoms with E-state index in [-0.39, 0.29) is 11.3 Å². The minimum Gasteiger partial charge on any atom is -0.507 e. The van der Waals surface area contributed by atoms with Crippen molar-refractivity contribution in [1.29, 1.82) is 0 Å². The summed E-state index contributed by atoms with van der Waals surface area (Å²) in [6.45, 7) is 3.99. The second-order valence-electron chi connectivity index (χ2n) is 7.47. The van der Waals surface area contributed by atoms with Crippen molar-refractivity contribution in [1.82, 2.24) is 0 Å². The smallest absolute Gasteiger partial charge is 0.300 e. The number of ketones is 1. The van der Waals surface area contributed by atoms with E-state index in [2.05, 4.69) is 6.92 Å². The molecule has 0 bridgehead atoms. The fourth-order valence-corrected chi connectivity index (χ4v) is 3.88. The molecule has 4 rings (SSSR count). The van der Waals surface area contributed by atoms with E-state index in [1.165, 1.54) is 4.90 Å². The molecule has 3 aromatic rings. The highest BCUT2D eigenvalue weighted by Gasteiger charge is 2.46. The molecule has 0 aliphatic carbocycles. The van der Waals surface area contributed by atoms with Crippen LogP contribution in [0.3, 0.4) is 0 Å². The van der Waals surface area contributed by atoms with Crippen molar-refractivity contribution in [3.63, 3.8) is 0 Å². The Hall–Kier alpha value is -3.66. The van der Waals surface area contributed by atoms with Crippen LogP contribution in [0, 0.1) is 6.92 Å². The average molecular weight is 397 g/mol. The molecule has 1 amide bonds. The Labute approximate surface area is 176 Å². The molecular formula is C26H23NO3. The molecule has 1 saturated heterocycles. The third-order valence-electron chi connectivity index (χ3n) is 5.48. The monoisotopic (exact) mass is 397 g/mol. The SMILES string of the molecule is CCc1ccc(/C(O)=C2\C(=O)C(=O)N(c3cccc(C)c3)C2c2ccccc2)cc1. The quantitative estimate of drug-likeness (QED) is 0.375. The van der Waals surface area contributed by atoms with E-state index in [1.54, 1.807) is 12.1 Å². The average Bonchev–Trinajstić information content (AvgIpc) is 3.04. The minimum atomic E-state index is -0.696. The molecule has 1 fully saturated rings. The first-order chi connectivity index (χ1) is 14.5. The summed E-state index contributed by atoms with van der Waals surface area (Å²) in [5.74, 6) is -1.47. The number of benzene rings is 3. The van der Waals surface area contributed by atoms with Crippen LogP contribution >= 0.6 is 0 Å². The van der Waals surface area contributed by atoms with Gasteiger partial charge in [-0.2, -0.15) is 0 Å². The summed E-state index contributed by atoms with van der Waals surface area (Å²) in [4.78, 5) is 27.6. The van der Waals surface area contributed by atoms with Crippen LogP contribution in [0.4, 0.5) is 5.69 Å². The fourth-order valence-electron chi connectivity index (χ4n) is 3.88. The Morgan fingerprint density at radius 1 is 0.933 bits per heavy atom. The van der Waals surface area contributed by atoms with E-state index in [9.17, 15) is 14.7 Å². The zero-order valence-electron chi connectivity index (χ0n) is 17.0. The molecule has 0 spiro atoms. The summed E-state index contributed by atoms with van der Waals surface area (Å²) in [5, 5.41) is 11.1. The Bertz CT molecular complexity index is 1130. The predicted octanol–water partition coefficient (Wildman–Crippen LogP) is 5.18. The molecule has 150 valence electrons. The molecule has 1 N–H and O–H groups in total. The number of aliphatic hydroxyl groups excluding tert-OH is 1. The Morgan fingerprint density at radius 3 is 2.27 bits per heavy atom. The van der Waals surface area contributed by atoms with Gasteiger partial charge in [-0.1, -0.05) is 73.7 Å². The molecule has 1 atom stereocenters. The van der Waals surface area contributed by atoms with Crippen LogP contribution in [0.15, 0.2) is 84.4 Å². The molecule has 1 aliphatic rings. The van der Waals surface area contributed by atoms with Crippen LogP contribution in [-0.2, 0) is 16.0 Å². The van der Waals surface area contributed by atoms with E-state index >= 15 is 0 Å². The first-order valence-electron chi connectivity index (χ1n) is 10.0. The summed E-state index contributed by atoms with van der Waals surface area (Å²) >= 11 is 0. The third kappa shape index (κ3) is 3.41. The van der Waals surface area contributed by atoms with Gasteiger partial charge >= 0.3 is 0 Å². The van der Waals surface area contributed by atoms with Crippen molar-refractivity contribution >= 4 is 23.1 Å². The number of Topliss-reactive ketones (excluding diaryl/α,β-unsaturated/α-hetero) is 1. The van der Waals surface area contributed by atoms with Crippen LogP contribution in [0.5, 0.6) is 0 Å². The lowest BCUT2D eigenvalue weighted by Crippen LogP contribution is -2.29. The number of aliphatic hydroxyl groups is 1. The Kier molecular flexibility index (Phi) is 5.23. The summed E-state index contributed by atoms with van der Waals surface area (Å²) < 4.78 is 0. The number of aryl methyl sites for hydroxylation is 2. The third-order valence-corrected chi connectivity index (χ3v) is 5.48. The van der Waals surface area contributed by atoms with E-state index < -0.39 is 17.7 Å². The number of anilines is 1. The number of hydrogen-bond acceptors (Lipinski definition) is 3. The first kappa shape index (κ1) is 19.6. The molecule has 30 heavy (non-hydrogen) atoms. The second kappa shape index (κ2) is 7.99. The van der Waals surface area contributed by atoms with Gasteiger partial charge in [-0.25, -0.2) is 0 Å². The summed E-state index contributed by atoms with van der Waals surface area (Å²) in [6.07, 6.45) is 0.878. The van der Waals surface area contributed by atoms with Crippen LogP contribution in [0.1, 0.15) is 35.2 Å². The van der Waals surface area contributed by atoms with Gasteiger partial charge in [0.25, 0.3) is 11.7 Å². The molecule has 1 aliphatic heterocycles. The van der Waals surface area contributed by atoms with E-state index in [0.717, 1.165) is 23.1 Å². The molecule has 4 nitrogen and oxygen atoms in total. The lowest BCUT2D eigenvalue weighted by atomic mass is 9.94. The molecule has 1 unspecified atom stereocenters. The lowest BCUT2D eigenvalue weighted by Gasteiger charge is -2.25. The Morgan fingerprint density at radius 2 is 1.63 bits per heavy atom. The van der Waals surface area contributed by atoms with Gasteiger partial charge < -0.3 is 5.11 Å². The van der Waals surface area contributed by atoms with Gasteiger partial charge in [0, 0.05) is 11.3 Å².